The van der Waals surface area contributed by atoms with Crippen molar-refractivity contribution in [1.29, 1.82) is 0 Å². The fourth-order valence-electron chi connectivity index (χ4n) is 1.88. The molecule has 0 amide bonds. The molecule has 5 nitrogen and oxygen atoms in total. The smallest absolute Gasteiger partial charge is 0.212 e. The molecule has 0 radical (unpaired) electrons. The van der Waals surface area contributed by atoms with Gasteiger partial charge >= 0.3 is 0 Å². The Balaban J connectivity index is 3.08. The van der Waals surface area contributed by atoms with Crippen LogP contribution in [0.2, 0.25) is 0 Å². The summed E-state index contributed by atoms with van der Waals surface area (Å²) in [5.74, 6) is -2.21. The third-order valence-electron chi connectivity index (χ3n) is 2.53. The SMILES string of the molecule is CC(=O)C(C(C)=O)[C@H](C[N+](=O)[O-])c1cccs1. The molecule has 0 fully saturated rings. The number of nitro groups is 1. The summed E-state index contributed by atoms with van der Waals surface area (Å²) in [7, 11) is 0. The Morgan fingerprint density at radius 3 is 2.35 bits per heavy atom. The Labute approximate surface area is 103 Å². The summed E-state index contributed by atoms with van der Waals surface area (Å²) in [5, 5.41) is 12.4. The number of hydrogen-bond acceptors (Lipinski definition) is 5. The Morgan fingerprint density at radius 2 is 2.00 bits per heavy atom. The molecule has 1 rings (SSSR count). The molecule has 0 saturated carbocycles. The van der Waals surface area contributed by atoms with E-state index in [2.05, 4.69) is 0 Å². The molecule has 0 bridgehead atoms. The first-order valence-electron chi connectivity index (χ1n) is 5.09. The van der Waals surface area contributed by atoms with E-state index in [0.717, 1.165) is 0 Å². The summed E-state index contributed by atoms with van der Waals surface area (Å²) in [6.45, 7) is 2.20. The van der Waals surface area contributed by atoms with Gasteiger partial charge < -0.3 is 0 Å². The van der Waals surface area contributed by atoms with Crippen molar-refractivity contribution in [1.82, 2.24) is 0 Å². The van der Waals surface area contributed by atoms with Crippen LogP contribution in [-0.4, -0.2) is 23.0 Å². The summed E-state index contributed by atoms with van der Waals surface area (Å²) in [6.07, 6.45) is 0. The minimum Gasteiger partial charge on any atom is -0.299 e. The standard InChI is InChI=1S/C11H13NO4S/c1-7(13)11(8(2)14)9(6-12(15)16)10-4-3-5-17-10/h3-5,9,11H,6H2,1-2H3/t9-/m1/s1. The molecule has 0 N–H and O–H groups in total. The average Bonchev–Trinajstić information content (AvgIpc) is 2.66. The summed E-state index contributed by atoms with van der Waals surface area (Å²) in [4.78, 5) is 33.8. The van der Waals surface area contributed by atoms with Crippen molar-refractivity contribution in [3.8, 4) is 0 Å². The lowest BCUT2D eigenvalue weighted by Crippen LogP contribution is -2.30. The molecule has 6 heteroatoms. The van der Waals surface area contributed by atoms with Crippen LogP contribution < -0.4 is 0 Å². The van der Waals surface area contributed by atoms with Gasteiger partial charge in [-0.2, -0.15) is 0 Å². The Bertz CT molecular complexity index is 413. The van der Waals surface area contributed by atoms with Gasteiger partial charge in [0.1, 0.15) is 11.6 Å². The molecule has 92 valence electrons. The molecule has 17 heavy (non-hydrogen) atoms. The van der Waals surface area contributed by atoms with E-state index in [4.69, 9.17) is 0 Å². The molecule has 0 spiro atoms. The molecule has 1 atom stereocenters. The second-order valence-electron chi connectivity index (χ2n) is 3.84. The molecule has 0 aliphatic rings. The maximum absolute atomic E-state index is 11.5. The Morgan fingerprint density at radius 1 is 1.41 bits per heavy atom. The van der Waals surface area contributed by atoms with E-state index in [1.54, 1.807) is 17.5 Å². The zero-order valence-corrected chi connectivity index (χ0v) is 10.4. The first-order valence-corrected chi connectivity index (χ1v) is 5.97. The Hall–Kier alpha value is -1.56. The van der Waals surface area contributed by atoms with Gasteiger partial charge in [0.15, 0.2) is 0 Å². The number of carbonyl (C=O) groups excluding carboxylic acids is 2. The second kappa shape index (κ2) is 5.67. The third kappa shape index (κ3) is 3.45. The molecule has 0 unspecified atom stereocenters. The number of hydrogen-bond donors (Lipinski definition) is 0. The third-order valence-corrected chi connectivity index (χ3v) is 3.54. The van der Waals surface area contributed by atoms with E-state index >= 15 is 0 Å². The highest BCUT2D eigenvalue weighted by Crippen LogP contribution is 2.30. The van der Waals surface area contributed by atoms with E-state index in [9.17, 15) is 19.7 Å². The molecule has 0 aliphatic heterocycles. The lowest BCUT2D eigenvalue weighted by Gasteiger charge is -2.18. The maximum Gasteiger partial charge on any atom is 0.212 e. The van der Waals surface area contributed by atoms with Crippen LogP contribution in [0.15, 0.2) is 17.5 Å². The zero-order valence-electron chi connectivity index (χ0n) is 9.58. The van der Waals surface area contributed by atoms with Crippen molar-refractivity contribution < 1.29 is 14.5 Å². The van der Waals surface area contributed by atoms with Gasteiger partial charge in [-0.3, -0.25) is 19.7 Å². The van der Waals surface area contributed by atoms with Gasteiger partial charge in [0.2, 0.25) is 6.54 Å². The number of carbonyl (C=O) groups is 2. The summed E-state index contributed by atoms with van der Waals surface area (Å²) in [6, 6.07) is 3.47. The molecule has 0 aromatic carbocycles. The fraction of sp³-hybridized carbons (Fsp3) is 0.455. The van der Waals surface area contributed by atoms with Crippen LogP contribution >= 0.6 is 11.3 Å². The number of nitrogens with zero attached hydrogens (tertiary/aromatic N) is 1. The lowest BCUT2D eigenvalue weighted by molar-refractivity contribution is -0.484. The summed E-state index contributed by atoms with van der Waals surface area (Å²) < 4.78 is 0. The van der Waals surface area contributed by atoms with Gasteiger partial charge in [0, 0.05) is 9.80 Å². The predicted molar refractivity (Wildman–Crippen MR) is 63.8 cm³/mol. The highest BCUT2D eigenvalue weighted by atomic mass is 32.1. The predicted octanol–water partition coefficient (Wildman–Crippen LogP) is 1.90. The first kappa shape index (κ1) is 13.5. The van der Waals surface area contributed by atoms with Crippen LogP contribution in [0.1, 0.15) is 24.6 Å². The van der Waals surface area contributed by atoms with E-state index in [-0.39, 0.29) is 11.6 Å². The number of thiophene rings is 1. The molecule has 0 aliphatic carbocycles. The van der Waals surface area contributed by atoms with Crippen LogP contribution in [0, 0.1) is 16.0 Å². The second-order valence-corrected chi connectivity index (χ2v) is 4.82. The summed E-state index contributed by atoms with van der Waals surface area (Å²) >= 11 is 1.33. The minimum absolute atomic E-state index is 0.322. The quantitative estimate of drug-likeness (QED) is 0.442. The van der Waals surface area contributed by atoms with Crippen LogP contribution in [0.3, 0.4) is 0 Å². The van der Waals surface area contributed by atoms with Gasteiger partial charge in [-0.05, 0) is 25.3 Å². The highest BCUT2D eigenvalue weighted by molar-refractivity contribution is 7.10. The van der Waals surface area contributed by atoms with Gasteiger partial charge in [-0.25, -0.2) is 0 Å². The van der Waals surface area contributed by atoms with Crippen LogP contribution in [0.25, 0.3) is 0 Å². The van der Waals surface area contributed by atoms with E-state index in [1.165, 1.54) is 25.2 Å². The van der Waals surface area contributed by atoms with Crippen LogP contribution in [-0.2, 0) is 9.59 Å². The topological polar surface area (TPSA) is 77.3 Å². The van der Waals surface area contributed by atoms with Crippen molar-refractivity contribution in [2.24, 2.45) is 5.92 Å². The van der Waals surface area contributed by atoms with Crippen molar-refractivity contribution in [3.63, 3.8) is 0 Å². The highest BCUT2D eigenvalue weighted by Gasteiger charge is 2.35. The van der Waals surface area contributed by atoms with Gasteiger partial charge in [-0.15, -0.1) is 11.3 Å². The molecule has 0 saturated heterocycles. The number of ketones is 2. The monoisotopic (exact) mass is 255 g/mol. The van der Waals surface area contributed by atoms with Gasteiger partial charge in [0.05, 0.1) is 11.8 Å². The fourth-order valence-corrected chi connectivity index (χ4v) is 2.73. The average molecular weight is 255 g/mol. The normalized spacial score (nSPS) is 12.4. The zero-order chi connectivity index (χ0) is 13.0. The molecule has 1 aromatic heterocycles. The van der Waals surface area contributed by atoms with Crippen LogP contribution in [0.4, 0.5) is 0 Å². The number of Topliss-reactive ketones (excluding diaryl/α,β-unsaturated/α-hetero) is 2. The van der Waals surface area contributed by atoms with Crippen molar-refractivity contribution in [3.05, 3.63) is 32.5 Å². The van der Waals surface area contributed by atoms with Gasteiger partial charge in [0.25, 0.3) is 0 Å². The molecular formula is C11H13NO4S. The largest absolute Gasteiger partial charge is 0.299 e. The van der Waals surface area contributed by atoms with Crippen molar-refractivity contribution >= 4 is 22.9 Å². The summed E-state index contributed by atoms with van der Waals surface area (Å²) in [5.41, 5.74) is 0. The van der Waals surface area contributed by atoms with Crippen molar-refractivity contribution in [2.45, 2.75) is 19.8 Å². The molecule has 1 aromatic rings. The number of rotatable bonds is 6. The van der Waals surface area contributed by atoms with Gasteiger partial charge in [-0.1, -0.05) is 6.07 Å². The Kier molecular flexibility index (Phi) is 4.51. The molecular weight excluding hydrogens is 242 g/mol. The minimum atomic E-state index is -0.918. The van der Waals surface area contributed by atoms with Crippen molar-refractivity contribution in [2.75, 3.05) is 6.54 Å². The van der Waals surface area contributed by atoms with E-state index < -0.39 is 23.3 Å². The lowest BCUT2D eigenvalue weighted by atomic mass is 9.85. The molecule has 1 heterocycles. The maximum atomic E-state index is 11.5. The van der Waals surface area contributed by atoms with E-state index in [1.807, 2.05) is 0 Å². The first-order chi connectivity index (χ1) is 7.93. The van der Waals surface area contributed by atoms with E-state index in [0.29, 0.717) is 4.88 Å². The van der Waals surface area contributed by atoms with Crippen LogP contribution in [0.5, 0.6) is 0 Å².